The highest BCUT2D eigenvalue weighted by Crippen LogP contribution is 2.38. The topological polar surface area (TPSA) is 62.2 Å². The van der Waals surface area contributed by atoms with Crippen molar-refractivity contribution in [3.8, 4) is 0 Å². The quantitative estimate of drug-likeness (QED) is 0.849. The van der Waals surface area contributed by atoms with Gasteiger partial charge in [-0.1, -0.05) is 19.1 Å². The number of carbonyl (C=O) groups is 1. The van der Waals surface area contributed by atoms with Crippen molar-refractivity contribution in [1.82, 2.24) is 25.1 Å². The highest BCUT2D eigenvalue weighted by Gasteiger charge is 2.29. The van der Waals surface area contributed by atoms with Crippen LogP contribution in [-0.4, -0.2) is 46.2 Å². The van der Waals surface area contributed by atoms with E-state index >= 15 is 0 Å². The number of amides is 2. The summed E-state index contributed by atoms with van der Waals surface area (Å²) < 4.78 is 2.32. The minimum atomic E-state index is 0.0324. The molecule has 2 heterocycles. The maximum atomic E-state index is 12.8. The van der Waals surface area contributed by atoms with Crippen LogP contribution in [0.15, 0.2) is 24.3 Å². The van der Waals surface area contributed by atoms with Crippen LogP contribution in [0, 0.1) is 0 Å². The molecule has 4 rings (SSSR count). The number of rotatable bonds is 6. The molecular formula is C19H27N5O. The lowest BCUT2D eigenvalue weighted by atomic mass is 10.2. The molecular weight excluding hydrogens is 314 g/mol. The van der Waals surface area contributed by atoms with Crippen molar-refractivity contribution in [3.05, 3.63) is 30.1 Å². The number of carbonyl (C=O) groups excluding carboxylic acids is 1. The van der Waals surface area contributed by atoms with E-state index in [1.807, 2.05) is 17.0 Å². The summed E-state index contributed by atoms with van der Waals surface area (Å²) in [5, 5.41) is 6.47. The lowest BCUT2D eigenvalue weighted by Gasteiger charge is -2.28. The van der Waals surface area contributed by atoms with Crippen molar-refractivity contribution in [3.63, 3.8) is 0 Å². The number of fused-ring (bicyclic) bond motifs is 1. The maximum absolute atomic E-state index is 12.8. The van der Waals surface area contributed by atoms with Crippen molar-refractivity contribution >= 4 is 17.1 Å². The fourth-order valence-electron chi connectivity index (χ4n) is 3.81. The van der Waals surface area contributed by atoms with E-state index in [-0.39, 0.29) is 6.03 Å². The first-order chi connectivity index (χ1) is 12.3. The lowest BCUT2D eigenvalue weighted by Crippen LogP contribution is -2.47. The zero-order valence-corrected chi connectivity index (χ0v) is 14.9. The van der Waals surface area contributed by atoms with Gasteiger partial charge >= 0.3 is 6.03 Å². The standard InChI is InChI=1S/C19H27N5O/c1-2-11-23(15-9-10-20-12-15)19(25)21-13-18-22-16-5-3-4-6-17(16)24(18)14-7-8-14/h3-6,14-15,20H,2,7-13H2,1H3,(H,21,25). The Balaban J connectivity index is 1.49. The van der Waals surface area contributed by atoms with Gasteiger partial charge in [-0.3, -0.25) is 0 Å². The van der Waals surface area contributed by atoms with Crippen LogP contribution in [0.1, 0.15) is 44.5 Å². The largest absolute Gasteiger partial charge is 0.331 e. The van der Waals surface area contributed by atoms with E-state index in [0.717, 1.165) is 43.8 Å². The summed E-state index contributed by atoms with van der Waals surface area (Å²) in [5.74, 6) is 0.970. The van der Waals surface area contributed by atoms with E-state index in [4.69, 9.17) is 4.98 Å². The number of hydrogen-bond donors (Lipinski definition) is 2. The summed E-state index contributed by atoms with van der Waals surface area (Å²) >= 11 is 0. The summed E-state index contributed by atoms with van der Waals surface area (Å²) in [5.41, 5.74) is 2.20. The molecule has 1 saturated carbocycles. The Morgan fingerprint density at radius 1 is 1.36 bits per heavy atom. The fourth-order valence-corrected chi connectivity index (χ4v) is 3.81. The SMILES string of the molecule is CCCN(C(=O)NCc1nc2ccccc2n1C1CC1)C1CCNC1. The van der Waals surface area contributed by atoms with Crippen molar-refractivity contribution in [2.75, 3.05) is 19.6 Å². The molecule has 1 aromatic heterocycles. The normalized spacial score (nSPS) is 20.1. The highest BCUT2D eigenvalue weighted by atomic mass is 16.2. The summed E-state index contributed by atoms with van der Waals surface area (Å²) in [6.45, 7) is 5.31. The molecule has 1 aromatic carbocycles. The van der Waals surface area contributed by atoms with Crippen molar-refractivity contribution in [2.45, 2.75) is 51.2 Å². The number of nitrogens with zero attached hydrogens (tertiary/aromatic N) is 3. The molecule has 1 atom stereocenters. The van der Waals surface area contributed by atoms with Crippen LogP contribution in [0.2, 0.25) is 0 Å². The van der Waals surface area contributed by atoms with Crippen molar-refractivity contribution in [1.29, 1.82) is 0 Å². The first-order valence-electron chi connectivity index (χ1n) is 9.49. The molecule has 25 heavy (non-hydrogen) atoms. The van der Waals surface area contributed by atoms with Crippen LogP contribution in [0.25, 0.3) is 11.0 Å². The molecule has 2 N–H and O–H groups in total. The first-order valence-corrected chi connectivity index (χ1v) is 9.49. The molecule has 2 aromatic rings. The monoisotopic (exact) mass is 341 g/mol. The Hall–Kier alpha value is -2.08. The van der Waals surface area contributed by atoms with Gasteiger partial charge in [0.2, 0.25) is 0 Å². The minimum absolute atomic E-state index is 0.0324. The molecule has 0 bridgehead atoms. The van der Waals surface area contributed by atoms with Gasteiger partial charge < -0.3 is 20.1 Å². The predicted octanol–water partition coefficient (Wildman–Crippen LogP) is 2.65. The van der Waals surface area contributed by atoms with Gasteiger partial charge in [0.15, 0.2) is 0 Å². The van der Waals surface area contributed by atoms with Crippen LogP contribution < -0.4 is 10.6 Å². The van der Waals surface area contributed by atoms with Gasteiger partial charge in [-0.05, 0) is 44.4 Å². The number of benzene rings is 1. The van der Waals surface area contributed by atoms with Gasteiger partial charge in [-0.15, -0.1) is 0 Å². The molecule has 1 saturated heterocycles. The Morgan fingerprint density at radius 2 is 2.20 bits per heavy atom. The van der Waals surface area contributed by atoms with E-state index in [0.29, 0.717) is 18.6 Å². The minimum Gasteiger partial charge on any atom is -0.331 e. The van der Waals surface area contributed by atoms with E-state index in [9.17, 15) is 4.79 Å². The van der Waals surface area contributed by atoms with Crippen LogP contribution in [0.3, 0.4) is 0 Å². The fraction of sp³-hybridized carbons (Fsp3) is 0.579. The van der Waals surface area contributed by atoms with Gasteiger partial charge in [-0.2, -0.15) is 0 Å². The molecule has 1 aliphatic carbocycles. The van der Waals surface area contributed by atoms with E-state index in [1.54, 1.807) is 0 Å². The van der Waals surface area contributed by atoms with Gasteiger partial charge in [-0.25, -0.2) is 9.78 Å². The van der Waals surface area contributed by atoms with Crippen molar-refractivity contribution < 1.29 is 4.79 Å². The Kier molecular flexibility index (Phi) is 4.61. The van der Waals surface area contributed by atoms with Gasteiger partial charge in [0, 0.05) is 25.2 Å². The smallest absolute Gasteiger partial charge is 0.318 e. The average Bonchev–Trinajstić information content (AvgIpc) is 3.19. The number of nitrogens with one attached hydrogen (secondary N) is 2. The molecule has 1 unspecified atom stereocenters. The van der Waals surface area contributed by atoms with Gasteiger partial charge in [0.05, 0.1) is 17.6 Å². The van der Waals surface area contributed by atoms with Crippen LogP contribution in [0.5, 0.6) is 0 Å². The molecule has 1 aliphatic heterocycles. The Bertz CT molecular complexity index is 745. The average molecular weight is 341 g/mol. The molecule has 2 amide bonds. The summed E-state index contributed by atoms with van der Waals surface area (Å²) in [6, 6.07) is 9.14. The van der Waals surface area contributed by atoms with Gasteiger partial charge in [0.25, 0.3) is 0 Å². The second-order valence-electron chi connectivity index (χ2n) is 7.12. The van der Waals surface area contributed by atoms with Crippen LogP contribution in [0.4, 0.5) is 4.79 Å². The zero-order valence-electron chi connectivity index (χ0n) is 14.9. The Labute approximate surface area is 148 Å². The summed E-state index contributed by atoms with van der Waals surface area (Å²) in [7, 11) is 0. The molecule has 0 radical (unpaired) electrons. The molecule has 0 spiro atoms. The molecule has 134 valence electrons. The number of aromatic nitrogens is 2. The number of imidazole rings is 1. The lowest BCUT2D eigenvalue weighted by molar-refractivity contribution is 0.178. The molecule has 6 heteroatoms. The zero-order chi connectivity index (χ0) is 17.2. The maximum Gasteiger partial charge on any atom is 0.318 e. The number of para-hydroxylation sites is 2. The summed E-state index contributed by atoms with van der Waals surface area (Å²) in [4.78, 5) is 19.5. The van der Waals surface area contributed by atoms with Crippen LogP contribution >= 0.6 is 0 Å². The first kappa shape index (κ1) is 16.4. The van der Waals surface area contributed by atoms with Crippen LogP contribution in [-0.2, 0) is 6.54 Å². The van der Waals surface area contributed by atoms with Crippen molar-refractivity contribution in [2.24, 2.45) is 0 Å². The molecule has 2 fully saturated rings. The second kappa shape index (κ2) is 7.04. The Morgan fingerprint density at radius 3 is 2.92 bits per heavy atom. The summed E-state index contributed by atoms with van der Waals surface area (Å²) in [6.07, 6.45) is 4.42. The van der Waals surface area contributed by atoms with E-state index < -0.39 is 0 Å². The highest BCUT2D eigenvalue weighted by molar-refractivity contribution is 5.77. The third kappa shape index (κ3) is 3.35. The van der Waals surface area contributed by atoms with E-state index in [1.165, 1.54) is 18.4 Å². The predicted molar refractivity (Wildman–Crippen MR) is 98.5 cm³/mol. The number of urea groups is 1. The van der Waals surface area contributed by atoms with Gasteiger partial charge in [0.1, 0.15) is 5.82 Å². The third-order valence-corrected chi connectivity index (χ3v) is 5.18. The third-order valence-electron chi connectivity index (χ3n) is 5.18. The second-order valence-corrected chi connectivity index (χ2v) is 7.12. The molecule has 2 aliphatic rings. The van der Waals surface area contributed by atoms with E-state index in [2.05, 4.69) is 34.3 Å². The number of hydrogen-bond acceptors (Lipinski definition) is 3. The molecule has 6 nitrogen and oxygen atoms in total.